The predicted molar refractivity (Wildman–Crippen MR) is 91.4 cm³/mol. The van der Waals surface area contributed by atoms with Crippen LogP contribution < -0.4 is 14.8 Å². The molecule has 0 saturated heterocycles. The van der Waals surface area contributed by atoms with Gasteiger partial charge >= 0.3 is 0 Å². The third-order valence-corrected chi connectivity index (χ3v) is 4.63. The van der Waals surface area contributed by atoms with Gasteiger partial charge in [0, 0.05) is 18.7 Å². The van der Waals surface area contributed by atoms with Gasteiger partial charge in [-0.15, -0.1) is 0 Å². The molecule has 0 amide bonds. The Balaban J connectivity index is 1.73. The lowest BCUT2D eigenvalue weighted by atomic mass is 10.1. The van der Waals surface area contributed by atoms with Crippen molar-refractivity contribution in [2.75, 3.05) is 19.0 Å². The van der Waals surface area contributed by atoms with Crippen LogP contribution in [0.1, 0.15) is 11.1 Å². The van der Waals surface area contributed by atoms with Gasteiger partial charge in [0.1, 0.15) is 11.5 Å². The van der Waals surface area contributed by atoms with Gasteiger partial charge in [0.2, 0.25) is 0 Å². The second kappa shape index (κ2) is 6.28. The summed E-state index contributed by atoms with van der Waals surface area (Å²) in [4.78, 5) is 0. The fraction of sp³-hybridized carbons (Fsp3) is 0.250. The molecule has 1 aliphatic heterocycles. The van der Waals surface area contributed by atoms with Gasteiger partial charge in [-0.1, -0.05) is 0 Å². The van der Waals surface area contributed by atoms with E-state index in [9.17, 15) is 0 Å². The molecule has 5 heteroatoms. The van der Waals surface area contributed by atoms with Crippen molar-refractivity contribution in [2.24, 2.45) is 0 Å². The summed E-state index contributed by atoms with van der Waals surface area (Å²) in [5.74, 6) is 1.82. The monoisotopic (exact) mass is 411 g/mol. The number of hydrogen-bond donors (Lipinski definition) is 1. The zero-order valence-electron chi connectivity index (χ0n) is 11.6. The van der Waals surface area contributed by atoms with Crippen molar-refractivity contribution in [3.8, 4) is 11.5 Å². The van der Waals surface area contributed by atoms with Crippen molar-refractivity contribution in [1.82, 2.24) is 0 Å². The molecular weight excluding hydrogens is 398 g/mol. The van der Waals surface area contributed by atoms with Gasteiger partial charge in [-0.25, -0.2) is 0 Å². The molecular formula is C16H15Br2NO2. The molecule has 0 saturated carbocycles. The quantitative estimate of drug-likeness (QED) is 0.784. The third-order valence-electron chi connectivity index (χ3n) is 3.45. The predicted octanol–water partition coefficient (Wildman–Crippen LogP) is 4.77. The van der Waals surface area contributed by atoms with Crippen molar-refractivity contribution in [1.29, 1.82) is 0 Å². The van der Waals surface area contributed by atoms with Gasteiger partial charge in [0.25, 0.3) is 0 Å². The fourth-order valence-electron chi connectivity index (χ4n) is 2.41. The van der Waals surface area contributed by atoms with Gasteiger partial charge in [0.05, 0.1) is 22.7 Å². The Labute approximate surface area is 140 Å². The number of hydrogen-bond acceptors (Lipinski definition) is 3. The second-order valence-corrected chi connectivity index (χ2v) is 6.58. The lowest BCUT2D eigenvalue weighted by molar-refractivity contribution is 0.357. The van der Waals surface area contributed by atoms with Gasteiger partial charge in [0.15, 0.2) is 0 Å². The smallest absolute Gasteiger partial charge is 0.147 e. The molecule has 0 spiro atoms. The number of nitrogens with one attached hydrogen (secondary N) is 1. The van der Waals surface area contributed by atoms with Crippen molar-refractivity contribution < 1.29 is 9.47 Å². The fourth-order valence-corrected chi connectivity index (χ4v) is 4.02. The number of halogens is 2. The van der Waals surface area contributed by atoms with Crippen LogP contribution in [0.4, 0.5) is 5.69 Å². The lowest BCUT2D eigenvalue weighted by Crippen LogP contribution is -2.00. The molecule has 1 N–H and O–H groups in total. The van der Waals surface area contributed by atoms with E-state index in [0.29, 0.717) is 0 Å². The summed E-state index contributed by atoms with van der Waals surface area (Å²) >= 11 is 7.05. The summed E-state index contributed by atoms with van der Waals surface area (Å²) in [5.41, 5.74) is 3.56. The van der Waals surface area contributed by atoms with E-state index in [4.69, 9.17) is 9.47 Å². The molecule has 0 radical (unpaired) electrons. The number of benzene rings is 2. The molecule has 1 aliphatic rings. The van der Waals surface area contributed by atoms with Crippen LogP contribution in [0.5, 0.6) is 11.5 Å². The highest BCUT2D eigenvalue weighted by Gasteiger charge is 2.12. The first kappa shape index (κ1) is 14.7. The van der Waals surface area contributed by atoms with E-state index in [1.165, 1.54) is 11.1 Å². The first-order valence-corrected chi connectivity index (χ1v) is 8.27. The SMILES string of the molecule is COc1c(Br)cc(CNc2ccc3c(c2)CCO3)cc1Br. The Hall–Kier alpha value is -1.20. The second-order valence-electron chi connectivity index (χ2n) is 4.87. The van der Waals surface area contributed by atoms with Crippen LogP contribution in [0, 0.1) is 0 Å². The number of methoxy groups -OCH3 is 1. The molecule has 2 aromatic carbocycles. The topological polar surface area (TPSA) is 30.5 Å². The van der Waals surface area contributed by atoms with Gasteiger partial charge in [-0.05, 0) is 73.3 Å². The summed E-state index contributed by atoms with van der Waals surface area (Å²) in [6.07, 6.45) is 0.991. The maximum absolute atomic E-state index is 5.52. The lowest BCUT2D eigenvalue weighted by Gasteiger charge is -2.11. The molecule has 0 aromatic heterocycles. The van der Waals surface area contributed by atoms with Crippen LogP contribution in [-0.2, 0) is 13.0 Å². The Morgan fingerprint density at radius 2 is 1.95 bits per heavy atom. The Morgan fingerprint density at radius 1 is 1.19 bits per heavy atom. The average Bonchev–Trinajstić information content (AvgIpc) is 2.92. The average molecular weight is 413 g/mol. The van der Waals surface area contributed by atoms with Crippen LogP contribution >= 0.6 is 31.9 Å². The minimum absolute atomic E-state index is 0.751. The van der Waals surface area contributed by atoms with Crippen molar-refractivity contribution >= 4 is 37.5 Å². The highest BCUT2D eigenvalue weighted by Crippen LogP contribution is 2.34. The van der Waals surface area contributed by atoms with E-state index < -0.39 is 0 Å². The van der Waals surface area contributed by atoms with Crippen LogP contribution in [-0.4, -0.2) is 13.7 Å². The first-order valence-electron chi connectivity index (χ1n) is 6.69. The normalized spacial score (nSPS) is 12.7. The summed E-state index contributed by atoms with van der Waals surface area (Å²) in [6, 6.07) is 10.4. The summed E-state index contributed by atoms with van der Waals surface area (Å²) in [5, 5.41) is 3.44. The molecule has 2 aromatic rings. The number of rotatable bonds is 4. The van der Waals surface area contributed by atoms with E-state index in [1.807, 2.05) is 6.07 Å². The Morgan fingerprint density at radius 3 is 2.67 bits per heavy atom. The molecule has 0 unspecified atom stereocenters. The van der Waals surface area contributed by atoms with Crippen molar-refractivity contribution in [2.45, 2.75) is 13.0 Å². The largest absolute Gasteiger partial charge is 0.494 e. The van der Waals surface area contributed by atoms with E-state index in [0.717, 1.165) is 45.7 Å². The molecule has 0 bridgehead atoms. The van der Waals surface area contributed by atoms with Crippen LogP contribution in [0.25, 0.3) is 0 Å². The zero-order valence-corrected chi connectivity index (χ0v) is 14.8. The summed E-state index contributed by atoms with van der Waals surface area (Å²) in [7, 11) is 1.66. The molecule has 1 heterocycles. The number of anilines is 1. The highest BCUT2D eigenvalue weighted by molar-refractivity contribution is 9.11. The number of ether oxygens (including phenoxy) is 2. The minimum Gasteiger partial charge on any atom is -0.494 e. The molecule has 0 aliphatic carbocycles. The summed E-state index contributed by atoms with van der Waals surface area (Å²) in [6.45, 7) is 1.54. The van der Waals surface area contributed by atoms with E-state index in [1.54, 1.807) is 7.11 Å². The summed E-state index contributed by atoms with van der Waals surface area (Å²) < 4.78 is 12.7. The van der Waals surface area contributed by atoms with Gasteiger partial charge in [-0.2, -0.15) is 0 Å². The van der Waals surface area contributed by atoms with Crippen LogP contribution in [0.15, 0.2) is 39.3 Å². The molecule has 110 valence electrons. The van der Waals surface area contributed by atoms with Gasteiger partial charge < -0.3 is 14.8 Å². The first-order chi connectivity index (χ1) is 10.2. The van der Waals surface area contributed by atoms with E-state index in [-0.39, 0.29) is 0 Å². The van der Waals surface area contributed by atoms with Crippen molar-refractivity contribution in [3.63, 3.8) is 0 Å². The third kappa shape index (κ3) is 3.19. The molecule has 3 nitrogen and oxygen atoms in total. The van der Waals surface area contributed by atoms with Crippen molar-refractivity contribution in [3.05, 3.63) is 50.4 Å². The molecule has 3 rings (SSSR count). The minimum atomic E-state index is 0.751. The Kier molecular flexibility index (Phi) is 4.40. The van der Waals surface area contributed by atoms with Gasteiger partial charge in [-0.3, -0.25) is 0 Å². The maximum Gasteiger partial charge on any atom is 0.147 e. The van der Waals surface area contributed by atoms with Crippen LogP contribution in [0.3, 0.4) is 0 Å². The zero-order chi connectivity index (χ0) is 14.8. The van der Waals surface area contributed by atoms with Crippen LogP contribution in [0.2, 0.25) is 0 Å². The number of fused-ring (bicyclic) bond motifs is 1. The molecule has 0 fully saturated rings. The van der Waals surface area contributed by atoms with E-state index >= 15 is 0 Å². The molecule has 21 heavy (non-hydrogen) atoms. The highest BCUT2D eigenvalue weighted by atomic mass is 79.9. The van der Waals surface area contributed by atoms with E-state index in [2.05, 4.69) is 61.4 Å². The molecule has 0 atom stereocenters. The maximum atomic E-state index is 5.52. The standard InChI is InChI=1S/C16H15Br2NO2/c1-20-16-13(17)6-10(7-14(16)18)9-19-12-2-3-15-11(8-12)4-5-21-15/h2-3,6-8,19H,4-5,9H2,1H3. The Bertz CT molecular complexity index is 650.